The lowest BCUT2D eigenvalue weighted by Crippen LogP contribution is -2.54. The summed E-state index contributed by atoms with van der Waals surface area (Å²) in [4.78, 5) is 11.1. The van der Waals surface area contributed by atoms with Gasteiger partial charge in [-0.2, -0.15) is 0 Å². The molecule has 0 aromatic rings. The molecule has 1 aliphatic heterocycles. The van der Waals surface area contributed by atoms with Crippen LogP contribution >= 0.6 is 11.8 Å². The van der Waals surface area contributed by atoms with Gasteiger partial charge in [-0.15, -0.1) is 11.8 Å². The largest absolute Gasteiger partial charge is 0.480 e. The second kappa shape index (κ2) is 4.81. The summed E-state index contributed by atoms with van der Waals surface area (Å²) in [6.07, 6.45) is 3.63. The van der Waals surface area contributed by atoms with Crippen LogP contribution in [0.5, 0.6) is 0 Å². The van der Waals surface area contributed by atoms with E-state index in [1.165, 1.54) is 12.8 Å². The van der Waals surface area contributed by atoms with Gasteiger partial charge in [0.2, 0.25) is 0 Å². The molecule has 0 amide bonds. The number of hydrogen-bond acceptors (Lipinski definition) is 3. The minimum Gasteiger partial charge on any atom is -0.480 e. The molecule has 2 N–H and O–H groups in total. The van der Waals surface area contributed by atoms with E-state index in [9.17, 15) is 4.79 Å². The maximum absolute atomic E-state index is 11.1. The predicted octanol–water partition coefficient (Wildman–Crippen LogP) is 2.56. The second-order valence-electron chi connectivity index (χ2n) is 5.97. The highest BCUT2D eigenvalue weighted by molar-refractivity contribution is 8.01. The average Bonchev–Trinajstić information content (AvgIpc) is 2.62. The maximum Gasteiger partial charge on any atom is 0.321 e. The van der Waals surface area contributed by atoms with E-state index in [2.05, 4.69) is 26.1 Å². The summed E-state index contributed by atoms with van der Waals surface area (Å²) in [5.74, 6) is 1.95. The molecule has 0 aromatic carbocycles. The standard InChI is InChI=1S/C13H23NO2S/c1-8(2)10-5-4-9(3)6-13(10)14-11(7-17-13)12(15)16/h8-11,14H,4-7H2,1-3H3,(H,15,16). The van der Waals surface area contributed by atoms with E-state index >= 15 is 0 Å². The van der Waals surface area contributed by atoms with Crippen LogP contribution in [-0.2, 0) is 4.79 Å². The van der Waals surface area contributed by atoms with Crippen molar-refractivity contribution < 1.29 is 9.90 Å². The molecule has 4 unspecified atom stereocenters. The number of nitrogens with one attached hydrogen (secondary N) is 1. The fraction of sp³-hybridized carbons (Fsp3) is 0.923. The first kappa shape index (κ1) is 13.2. The van der Waals surface area contributed by atoms with E-state index in [0.29, 0.717) is 23.5 Å². The quantitative estimate of drug-likeness (QED) is 0.798. The molecule has 1 heterocycles. The van der Waals surface area contributed by atoms with Crippen LogP contribution in [0.4, 0.5) is 0 Å². The molecule has 3 nitrogen and oxygen atoms in total. The van der Waals surface area contributed by atoms with Crippen molar-refractivity contribution in [2.45, 2.75) is 50.9 Å². The van der Waals surface area contributed by atoms with Gasteiger partial charge < -0.3 is 5.11 Å². The van der Waals surface area contributed by atoms with E-state index in [-0.39, 0.29) is 10.9 Å². The summed E-state index contributed by atoms with van der Waals surface area (Å²) in [6, 6.07) is -0.355. The molecular formula is C13H23NO2S. The Hall–Kier alpha value is -0.220. The first-order valence-corrected chi connectivity index (χ1v) is 7.57. The van der Waals surface area contributed by atoms with E-state index in [1.807, 2.05) is 11.8 Å². The number of hydrogen-bond donors (Lipinski definition) is 2. The van der Waals surface area contributed by atoms with Gasteiger partial charge in [-0.05, 0) is 30.6 Å². The number of aliphatic carboxylic acids is 1. The fourth-order valence-corrected chi connectivity index (χ4v) is 5.34. The zero-order valence-corrected chi connectivity index (χ0v) is 11.7. The molecule has 0 radical (unpaired) electrons. The van der Waals surface area contributed by atoms with Crippen LogP contribution in [0.3, 0.4) is 0 Å². The van der Waals surface area contributed by atoms with Crippen molar-refractivity contribution in [1.82, 2.24) is 5.32 Å². The molecule has 2 fully saturated rings. The maximum atomic E-state index is 11.1. The van der Waals surface area contributed by atoms with Gasteiger partial charge in [0.1, 0.15) is 6.04 Å². The first-order valence-electron chi connectivity index (χ1n) is 6.59. The van der Waals surface area contributed by atoms with E-state index in [0.717, 1.165) is 6.42 Å². The number of carboxylic acids is 1. The molecule has 1 aliphatic carbocycles. The monoisotopic (exact) mass is 257 g/mol. The van der Waals surface area contributed by atoms with Gasteiger partial charge in [-0.1, -0.05) is 27.2 Å². The zero-order chi connectivity index (χ0) is 12.6. The molecular weight excluding hydrogens is 234 g/mol. The Morgan fingerprint density at radius 2 is 2.18 bits per heavy atom. The Kier molecular flexibility index (Phi) is 3.74. The summed E-state index contributed by atoms with van der Waals surface area (Å²) >= 11 is 1.85. The highest BCUT2D eigenvalue weighted by Crippen LogP contribution is 2.50. The summed E-state index contributed by atoms with van der Waals surface area (Å²) in [7, 11) is 0. The number of carbonyl (C=O) groups is 1. The van der Waals surface area contributed by atoms with Crippen molar-refractivity contribution in [1.29, 1.82) is 0 Å². The van der Waals surface area contributed by atoms with Crippen LogP contribution in [0.25, 0.3) is 0 Å². The summed E-state index contributed by atoms with van der Waals surface area (Å²) in [5.41, 5.74) is 0. The van der Waals surface area contributed by atoms with Crippen LogP contribution in [0.2, 0.25) is 0 Å². The number of carboxylic acid groups (broad SMARTS) is 1. The lowest BCUT2D eigenvalue weighted by Gasteiger charge is -2.45. The Morgan fingerprint density at radius 1 is 1.47 bits per heavy atom. The third kappa shape index (κ3) is 2.48. The molecule has 4 atom stereocenters. The van der Waals surface area contributed by atoms with Crippen molar-refractivity contribution in [3.8, 4) is 0 Å². The molecule has 98 valence electrons. The number of thioether (sulfide) groups is 1. The predicted molar refractivity (Wildman–Crippen MR) is 71.1 cm³/mol. The number of rotatable bonds is 2. The fourth-order valence-electron chi connectivity index (χ4n) is 3.42. The van der Waals surface area contributed by atoms with E-state index < -0.39 is 5.97 Å². The van der Waals surface area contributed by atoms with Crippen LogP contribution < -0.4 is 5.32 Å². The van der Waals surface area contributed by atoms with Gasteiger partial charge in [0.15, 0.2) is 0 Å². The molecule has 4 heteroatoms. The molecule has 1 spiro atoms. The Labute approximate surface area is 108 Å². The highest BCUT2D eigenvalue weighted by Gasteiger charge is 2.50. The van der Waals surface area contributed by atoms with Gasteiger partial charge in [0, 0.05) is 5.75 Å². The van der Waals surface area contributed by atoms with Crippen molar-refractivity contribution in [3.05, 3.63) is 0 Å². The molecule has 1 saturated heterocycles. The molecule has 1 saturated carbocycles. The second-order valence-corrected chi connectivity index (χ2v) is 7.32. The lowest BCUT2D eigenvalue weighted by atomic mass is 9.73. The molecule has 0 bridgehead atoms. The van der Waals surface area contributed by atoms with Crippen molar-refractivity contribution in [2.75, 3.05) is 5.75 Å². The van der Waals surface area contributed by atoms with Crippen molar-refractivity contribution >= 4 is 17.7 Å². The average molecular weight is 257 g/mol. The van der Waals surface area contributed by atoms with E-state index in [4.69, 9.17) is 5.11 Å². The van der Waals surface area contributed by atoms with Gasteiger partial charge in [0.05, 0.1) is 4.87 Å². The van der Waals surface area contributed by atoms with Crippen LogP contribution in [0, 0.1) is 17.8 Å². The molecule has 17 heavy (non-hydrogen) atoms. The topological polar surface area (TPSA) is 49.3 Å². The van der Waals surface area contributed by atoms with Crippen molar-refractivity contribution in [2.24, 2.45) is 17.8 Å². The van der Waals surface area contributed by atoms with Gasteiger partial charge in [-0.25, -0.2) is 0 Å². The van der Waals surface area contributed by atoms with Gasteiger partial charge in [0.25, 0.3) is 0 Å². The van der Waals surface area contributed by atoms with E-state index in [1.54, 1.807) is 0 Å². The molecule has 2 rings (SSSR count). The summed E-state index contributed by atoms with van der Waals surface area (Å²) in [6.45, 7) is 6.81. The summed E-state index contributed by atoms with van der Waals surface area (Å²) in [5, 5.41) is 12.6. The Morgan fingerprint density at radius 3 is 2.71 bits per heavy atom. The normalized spacial score (nSPS) is 42.2. The minimum atomic E-state index is -0.699. The smallest absolute Gasteiger partial charge is 0.321 e. The zero-order valence-electron chi connectivity index (χ0n) is 10.9. The van der Waals surface area contributed by atoms with Gasteiger partial charge >= 0.3 is 5.97 Å². The van der Waals surface area contributed by atoms with Crippen molar-refractivity contribution in [3.63, 3.8) is 0 Å². The highest BCUT2D eigenvalue weighted by atomic mass is 32.2. The third-order valence-electron chi connectivity index (χ3n) is 4.25. The minimum absolute atomic E-state index is 0.0227. The van der Waals surface area contributed by atoms with Gasteiger partial charge in [-0.3, -0.25) is 10.1 Å². The first-order chi connectivity index (χ1) is 7.94. The SMILES string of the molecule is CC1CCC(C(C)C)C2(C1)NC(C(=O)O)CS2. The summed E-state index contributed by atoms with van der Waals surface area (Å²) < 4.78 is 0. The van der Waals surface area contributed by atoms with Crippen LogP contribution in [0.15, 0.2) is 0 Å². The Balaban J connectivity index is 2.17. The third-order valence-corrected chi connectivity index (χ3v) is 5.85. The molecule has 2 aliphatic rings. The molecule has 0 aromatic heterocycles. The Bertz CT molecular complexity index is 308. The van der Waals surface area contributed by atoms with Crippen LogP contribution in [-0.4, -0.2) is 27.7 Å². The lowest BCUT2D eigenvalue weighted by molar-refractivity contribution is -0.139. The van der Waals surface area contributed by atoms with Crippen LogP contribution in [0.1, 0.15) is 40.0 Å².